The van der Waals surface area contributed by atoms with Crippen LogP contribution in [-0.2, 0) is 14.6 Å². The number of anilines is 1. The van der Waals surface area contributed by atoms with Crippen molar-refractivity contribution < 1.29 is 13.2 Å². The molecule has 1 aliphatic heterocycles. The zero-order valence-corrected chi connectivity index (χ0v) is 14.9. The molecule has 0 aliphatic carbocycles. The van der Waals surface area contributed by atoms with Crippen LogP contribution in [0, 0.1) is 13.8 Å². The lowest BCUT2D eigenvalue weighted by Gasteiger charge is -2.26. The van der Waals surface area contributed by atoms with Gasteiger partial charge in [-0.25, -0.2) is 8.42 Å². The number of carbonyl (C=O) groups is 1. The summed E-state index contributed by atoms with van der Waals surface area (Å²) in [6, 6.07) is 5.98. The number of amides is 1. The molecule has 0 saturated carbocycles. The van der Waals surface area contributed by atoms with Gasteiger partial charge in [0.1, 0.15) is 0 Å². The van der Waals surface area contributed by atoms with Gasteiger partial charge in [-0.1, -0.05) is 25.1 Å². The van der Waals surface area contributed by atoms with E-state index < -0.39 is 9.84 Å². The second-order valence-corrected chi connectivity index (χ2v) is 8.48. The van der Waals surface area contributed by atoms with E-state index in [1.54, 1.807) is 0 Å². The van der Waals surface area contributed by atoms with E-state index >= 15 is 0 Å². The third kappa shape index (κ3) is 4.78. The van der Waals surface area contributed by atoms with Crippen molar-refractivity contribution in [1.29, 1.82) is 0 Å². The molecular weight excluding hydrogens is 312 g/mol. The first-order valence-corrected chi connectivity index (χ1v) is 9.95. The van der Waals surface area contributed by atoms with Gasteiger partial charge in [0.05, 0.1) is 11.5 Å². The highest BCUT2D eigenvalue weighted by atomic mass is 32.2. The molecule has 1 amide bonds. The summed E-state index contributed by atoms with van der Waals surface area (Å²) >= 11 is 0. The number of nitrogens with zero attached hydrogens (tertiary/aromatic N) is 1. The van der Waals surface area contributed by atoms with Gasteiger partial charge < -0.3 is 5.32 Å². The molecule has 1 heterocycles. The van der Waals surface area contributed by atoms with Gasteiger partial charge in [-0.15, -0.1) is 0 Å². The first-order valence-electron chi connectivity index (χ1n) is 8.13. The van der Waals surface area contributed by atoms with Crippen molar-refractivity contribution in [3.8, 4) is 0 Å². The Morgan fingerprint density at radius 1 is 1.30 bits per heavy atom. The van der Waals surface area contributed by atoms with E-state index in [-0.39, 0.29) is 23.5 Å². The summed E-state index contributed by atoms with van der Waals surface area (Å²) in [5, 5.41) is 2.98. The van der Waals surface area contributed by atoms with Gasteiger partial charge in [-0.05, 0) is 37.9 Å². The number of nitrogens with one attached hydrogen (secondary N) is 1. The molecule has 1 aromatic carbocycles. The molecule has 1 atom stereocenters. The predicted molar refractivity (Wildman–Crippen MR) is 93.5 cm³/mol. The number of hydrogen-bond donors (Lipinski definition) is 1. The van der Waals surface area contributed by atoms with E-state index in [2.05, 4.69) is 10.2 Å². The van der Waals surface area contributed by atoms with Crippen LogP contribution in [0.15, 0.2) is 18.2 Å². The Bertz CT molecular complexity index is 650. The molecule has 128 valence electrons. The topological polar surface area (TPSA) is 66.5 Å². The molecule has 1 saturated heterocycles. The summed E-state index contributed by atoms with van der Waals surface area (Å²) in [6.45, 7) is 7.31. The van der Waals surface area contributed by atoms with E-state index in [0.717, 1.165) is 23.4 Å². The Kier molecular flexibility index (Phi) is 5.81. The second kappa shape index (κ2) is 7.45. The highest BCUT2D eigenvalue weighted by Crippen LogP contribution is 2.20. The molecule has 5 nitrogen and oxygen atoms in total. The molecule has 1 aromatic rings. The van der Waals surface area contributed by atoms with Crippen LogP contribution in [-0.4, -0.2) is 49.9 Å². The summed E-state index contributed by atoms with van der Waals surface area (Å²) in [7, 11) is -2.89. The molecule has 1 aliphatic rings. The van der Waals surface area contributed by atoms with Gasteiger partial charge in [0.2, 0.25) is 5.91 Å². The third-order valence-electron chi connectivity index (χ3n) is 4.50. The van der Waals surface area contributed by atoms with Crippen LogP contribution < -0.4 is 5.32 Å². The van der Waals surface area contributed by atoms with Crippen molar-refractivity contribution in [3.63, 3.8) is 0 Å². The van der Waals surface area contributed by atoms with Crippen molar-refractivity contribution in [2.45, 2.75) is 39.7 Å². The fraction of sp³-hybridized carbons (Fsp3) is 0.588. The fourth-order valence-electron chi connectivity index (χ4n) is 3.12. The highest BCUT2D eigenvalue weighted by Gasteiger charge is 2.31. The van der Waals surface area contributed by atoms with E-state index in [1.807, 2.05) is 39.0 Å². The number of hydrogen-bond acceptors (Lipinski definition) is 4. The minimum Gasteiger partial charge on any atom is -0.326 e. The minimum absolute atomic E-state index is 0.0262. The average molecular weight is 338 g/mol. The van der Waals surface area contributed by atoms with Crippen molar-refractivity contribution >= 4 is 21.4 Å². The quantitative estimate of drug-likeness (QED) is 0.863. The minimum atomic E-state index is -2.89. The molecule has 1 N–H and O–H groups in total. The lowest BCUT2D eigenvalue weighted by atomic mass is 10.1. The normalized spacial score (nSPS) is 19.9. The second-order valence-electron chi connectivity index (χ2n) is 6.25. The van der Waals surface area contributed by atoms with E-state index in [4.69, 9.17) is 0 Å². The van der Waals surface area contributed by atoms with Crippen molar-refractivity contribution in [3.05, 3.63) is 29.3 Å². The van der Waals surface area contributed by atoms with Crippen LogP contribution in [0.3, 0.4) is 0 Å². The van der Waals surface area contributed by atoms with Crippen LogP contribution in [0.2, 0.25) is 0 Å². The zero-order valence-electron chi connectivity index (χ0n) is 14.1. The third-order valence-corrected chi connectivity index (χ3v) is 6.25. The highest BCUT2D eigenvalue weighted by molar-refractivity contribution is 7.91. The van der Waals surface area contributed by atoms with Crippen LogP contribution in [0.5, 0.6) is 0 Å². The number of carbonyl (C=O) groups excluding carboxylic acids is 1. The molecule has 6 heteroatoms. The number of aryl methyl sites for hydroxylation is 2. The van der Waals surface area contributed by atoms with Crippen LogP contribution in [0.1, 0.15) is 30.9 Å². The Morgan fingerprint density at radius 3 is 2.48 bits per heavy atom. The van der Waals surface area contributed by atoms with Gasteiger partial charge in [0, 0.05) is 24.7 Å². The smallest absolute Gasteiger partial charge is 0.225 e. The molecule has 0 bridgehead atoms. The molecule has 0 radical (unpaired) electrons. The number of rotatable bonds is 6. The zero-order chi connectivity index (χ0) is 17.0. The Labute approximate surface area is 139 Å². The SMILES string of the molecule is CCN(CCC(=O)Nc1c(C)cccc1C)C1CCS(=O)(=O)C1. The number of para-hydroxylation sites is 1. The van der Waals surface area contributed by atoms with Crippen LogP contribution in [0.25, 0.3) is 0 Å². The largest absolute Gasteiger partial charge is 0.326 e. The van der Waals surface area contributed by atoms with Gasteiger partial charge in [0.15, 0.2) is 9.84 Å². The van der Waals surface area contributed by atoms with E-state index in [9.17, 15) is 13.2 Å². The number of sulfone groups is 1. The van der Waals surface area contributed by atoms with E-state index in [1.165, 1.54) is 0 Å². The summed E-state index contributed by atoms with van der Waals surface area (Å²) in [5.41, 5.74) is 2.98. The van der Waals surface area contributed by atoms with Gasteiger partial charge in [0.25, 0.3) is 0 Å². The Hall–Kier alpha value is -1.40. The molecular formula is C17H26N2O3S. The molecule has 23 heavy (non-hydrogen) atoms. The maximum absolute atomic E-state index is 12.2. The average Bonchev–Trinajstić information content (AvgIpc) is 2.84. The maximum atomic E-state index is 12.2. The number of benzene rings is 1. The standard InChI is InChI=1S/C17H26N2O3S/c1-4-19(15-9-11-23(21,22)12-15)10-8-16(20)18-17-13(2)6-5-7-14(17)3/h5-7,15H,4,8-12H2,1-3H3,(H,18,20). The van der Waals surface area contributed by atoms with Crippen LogP contribution in [0.4, 0.5) is 5.69 Å². The summed E-state index contributed by atoms with van der Waals surface area (Å²) in [5.74, 6) is 0.462. The van der Waals surface area contributed by atoms with Crippen molar-refractivity contribution in [2.24, 2.45) is 0 Å². The van der Waals surface area contributed by atoms with E-state index in [0.29, 0.717) is 19.4 Å². The molecule has 1 unspecified atom stereocenters. The Balaban J connectivity index is 1.90. The molecule has 1 fully saturated rings. The summed E-state index contributed by atoms with van der Waals surface area (Å²) in [6.07, 6.45) is 1.05. The first-order chi connectivity index (χ1) is 10.8. The first kappa shape index (κ1) is 17.9. The summed E-state index contributed by atoms with van der Waals surface area (Å²) in [4.78, 5) is 14.3. The maximum Gasteiger partial charge on any atom is 0.225 e. The van der Waals surface area contributed by atoms with Crippen molar-refractivity contribution in [1.82, 2.24) is 4.90 Å². The monoisotopic (exact) mass is 338 g/mol. The Morgan fingerprint density at radius 2 is 1.96 bits per heavy atom. The lowest BCUT2D eigenvalue weighted by Crippen LogP contribution is -2.38. The van der Waals surface area contributed by atoms with Gasteiger partial charge in [-0.3, -0.25) is 9.69 Å². The molecule has 0 spiro atoms. The molecule has 2 rings (SSSR count). The lowest BCUT2D eigenvalue weighted by molar-refractivity contribution is -0.116. The predicted octanol–water partition coefficient (Wildman–Crippen LogP) is 2.14. The van der Waals surface area contributed by atoms with Crippen molar-refractivity contribution in [2.75, 3.05) is 29.9 Å². The molecule has 0 aromatic heterocycles. The van der Waals surface area contributed by atoms with Crippen LogP contribution >= 0.6 is 0 Å². The summed E-state index contributed by atoms with van der Waals surface area (Å²) < 4.78 is 23.2. The van der Waals surface area contributed by atoms with Gasteiger partial charge in [-0.2, -0.15) is 0 Å². The fourth-order valence-corrected chi connectivity index (χ4v) is 4.88. The van der Waals surface area contributed by atoms with Gasteiger partial charge >= 0.3 is 0 Å².